The first-order valence-corrected chi connectivity index (χ1v) is 8.81. The van der Waals surface area contributed by atoms with Crippen molar-refractivity contribution in [2.45, 2.75) is 12.2 Å². The van der Waals surface area contributed by atoms with Gasteiger partial charge in [0.2, 0.25) is 0 Å². The summed E-state index contributed by atoms with van der Waals surface area (Å²) in [6, 6.07) is 12.1. The fourth-order valence-corrected chi connectivity index (χ4v) is 3.01. The summed E-state index contributed by atoms with van der Waals surface area (Å²) in [5.74, 6) is -0.776. The Morgan fingerprint density at radius 2 is 1.83 bits per heavy atom. The molecule has 1 N–H and O–H groups in total. The number of benzene rings is 2. The predicted molar refractivity (Wildman–Crippen MR) is 103 cm³/mol. The smallest absolute Gasteiger partial charge is 0.416 e. The average molecular weight is 404 g/mol. The van der Waals surface area contributed by atoms with E-state index in [0.717, 1.165) is 18.2 Å². The minimum Gasteiger partial charge on any atom is -0.451 e. The zero-order valence-electron chi connectivity index (χ0n) is 15.8. The van der Waals surface area contributed by atoms with Crippen LogP contribution in [0.1, 0.15) is 27.7 Å². The first-order valence-electron chi connectivity index (χ1n) is 8.81. The highest BCUT2D eigenvalue weighted by atomic mass is 19.4. The van der Waals surface area contributed by atoms with Crippen LogP contribution in [-0.2, 0) is 6.18 Å². The number of fused-ring (bicyclic) bond motifs is 1. The van der Waals surface area contributed by atoms with Crippen LogP contribution in [0.2, 0.25) is 0 Å². The molecule has 0 saturated heterocycles. The average Bonchev–Trinajstić information content (AvgIpc) is 2.67. The van der Waals surface area contributed by atoms with Gasteiger partial charge in [0.25, 0.3) is 5.91 Å². The standard InChI is InChI=1S/C21H19F3N2O3/c1-26(2)16(13-6-5-7-14(10-13)21(22,23)24)12-25-20(28)19-11-17(27)15-8-3-4-9-18(15)29-19/h3-11,16H,12H2,1-2H3,(H,25,28)/t16-/m1/s1. The van der Waals surface area contributed by atoms with Crippen molar-refractivity contribution in [1.82, 2.24) is 10.2 Å². The minimum atomic E-state index is -4.45. The van der Waals surface area contributed by atoms with Gasteiger partial charge in [-0.15, -0.1) is 0 Å². The summed E-state index contributed by atoms with van der Waals surface area (Å²) >= 11 is 0. The molecule has 1 heterocycles. The zero-order valence-corrected chi connectivity index (χ0v) is 15.8. The first-order chi connectivity index (χ1) is 13.7. The van der Waals surface area contributed by atoms with Crippen LogP contribution in [0.3, 0.4) is 0 Å². The van der Waals surface area contributed by atoms with Gasteiger partial charge in [0.15, 0.2) is 11.2 Å². The summed E-state index contributed by atoms with van der Waals surface area (Å²) in [6.07, 6.45) is -4.45. The van der Waals surface area contributed by atoms with Crippen molar-refractivity contribution >= 4 is 16.9 Å². The summed E-state index contributed by atoms with van der Waals surface area (Å²) in [5.41, 5.74) is -0.412. The number of carbonyl (C=O) groups is 1. The van der Waals surface area contributed by atoms with Gasteiger partial charge in [-0.2, -0.15) is 13.2 Å². The number of hydrogen-bond acceptors (Lipinski definition) is 4. The number of hydrogen-bond donors (Lipinski definition) is 1. The van der Waals surface area contributed by atoms with Gasteiger partial charge >= 0.3 is 6.18 Å². The summed E-state index contributed by atoms with van der Waals surface area (Å²) in [6.45, 7) is 0.0314. The molecule has 0 spiro atoms. The number of para-hydroxylation sites is 1. The van der Waals surface area contributed by atoms with E-state index in [0.29, 0.717) is 10.9 Å². The molecule has 29 heavy (non-hydrogen) atoms. The molecule has 0 unspecified atom stereocenters. The van der Waals surface area contributed by atoms with Crippen LogP contribution in [0.5, 0.6) is 0 Å². The van der Waals surface area contributed by atoms with Crippen LogP contribution in [0.15, 0.2) is 63.8 Å². The maximum atomic E-state index is 13.0. The van der Waals surface area contributed by atoms with E-state index in [1.165, 1.54) is 6.07 Å². The number of likely N-dealkylation sites (N-methyl/N-ethyl adjacent to an activating group) is 1. The lowest BCUT2D eigenvalue weighted by Crippen LogP contribution is -2.35. The van der Waals surface area contributed by atoms with Gasteiger partial charge in [-0.3, -0.25) is 9.59 Å². The second kappa shape index (κ2) is 8.08. The van der Waals surface area contributed by atoms with Gasteiger partial charge in [-0.25, -0.2) is 0 Å². The van der Waals surface area contributed by atoms with Crippen molar-refractivity contribution in [3.05, 3.63) is 81.7 Å². The lowest BCUT2D eigenvalue weighted by molar-refractivity contribution is -0.137. The molecular weight excluding hydrogens is 385 g/mol. The Bertz CT molecular complexity index is 1090. The lowest BCUT2D eigenvalue weighted by Gasteiger charge is -2.25. The van der Waals surface area contributed by atoms with Crippen molar-refractivity contribution < 1.29 is 22.4 Å². The molecule has 152 valence electrons. The topological polar surface area (TPSA) is 62.6 Å². The molecule has 0 bridgehead atoms. The van der Waals surface area contributed by atoms with E-state index in [1.54, 1.807) is 49.3 Å². The molecular formula is C21H19F3N2O3. The van der Waals surface area contributed by atoms with Gasteiger partial charge in [0.1, 0.15) is 5.58 Å². The monoisotopic (exact) mass is 404 g/mol. The van der Waals surface area contributed by atoms with E-state index >= 15 is 0 Å². The molecule has 1 amide bonds. The molecule has 1 aromatic heterocycles. The van der Waals surface area contributed by atoms with Gasteiger partial charge in [0.05, 0.1) is 17.0 Å². The van der Waals surface area contributed by atoms with Crippen molar-refractivity contribution in [2.75, 3.05) is 20.6 Å². The Morgan fingerprint density at radius 1 is 1.10 bits per heavy atom. The van der Waals surface area contributed by atoms with Gasteiger partial charge in [-0.1, -0.05) is 24.3 Å². The fraction of sp³-hybridized carbons (Fsp3) is 0.238. The van der Waals surface area contributed by atoms with Crippen molar-refractivity contribution in [3.8, 4) is 0 Å². The van der Waals surface area contributed by atoms with Crippen LogP contribution in [0.25, 0.3) is 11.0 Å². The lowest BCUT2D eigenvalue weighted by atomic mass is 10.0. The molecule has 1 atom stereocenters. The number of rotatable bonds is 5. The maximum absolute atomic E-state index is 13.0. The summed E-state index contributed by atoms with van der Waals surface area (Å²) in [4.78, 5) is 26.3. The number of nitrogens with one attached hydrogen (secondary N) is 1. The third-order valence-electron chi connectivity index (χ3n) is 4.54. The SMILES string of the molecule is CN(C)[C@H](CNC(=O)c1cc(=O)c2ccccc2o1)c1cccc(C(F)(F)F)c1. The highest BCUT2D eigenvalue weighted by molar-refractivity contribution is 5.93. The molecule has 0 aliphatic rings. The Kier molecular flexibility index (Phi) is 5.74. The quantitative estimate of drug-likeness (QED) is 0.702. The molecule has 0 radical (unpaired) electrons. The van der Waals surface area contributed by atoms with Gasteiger partial charge in [0, 0.05) is 12.6 Å². The number of amides is 1. The first kappa shape index (κ1) is 20.6. The van der Waals surface area contributed by atoms with Crippen LogP contribution in [-0.4, -0.2) is 31.4 Å². The zero-order chi connectivity index (χ0) is 21.2. The third-order valence-corrected chi connectivity index (χ3v) is 4.54. The van der Waals surface area contributed by atoms with E-state index in [2.05, 4.69) is 5.32 Å². The summed E-state index contributed by atoms with van der Waals surface area (Å²) < 4.78 is 44.5. The molecule has 0 saturated carbocycles. The van der Waals surface area contributed by atoms with E-state index in [9.17, 15) is 22.8 Å². The van der Waals surface area contributed by atoms with Crippen molar-refractivity contribution in [1.29, 1.82) is 0 Å². The van der Waals surface area contributed by atoms with Crippen molar-refractivity contribution in [3.63, 3.8) is 0 Å². The molecule has 5 nitrogen and oxygen atoms in total. The second-order valence-electron chi connectivity index (χ2n) is 6.78. The number of alkyl halides is 3. The molecule has 0 aliphatic heterocycles. The number of carbonyl (C=O) groups excluding carboxylic acids is 1. The van der Waals surface area contributed by atoms with Crippen LogP contribution in [0.4, 0.5) is 13.2 Å². The van der Waals surface area contributed by atoms with Crippen LogP contribution >= 0.6 is 0 Å². The molecule has 3 rings (SSSR count). The van der Waals surface area contributed by atoms with Gasteiger partial charge in [-0.05, 0) is 43.9 Å². The Morgan fingerprint density at radius 3 is 2.52 bits per heavy atom. The predicted octanol–water partition coefficient (Wildman–Crippen LogP) is 3.84. The normalized spacial score (nSPS) is 12.9. The largest absolute Gasteiger partial charge is 0.451 e. The van der Waals surface area contributed by atoms with Gasteiger partial charge < -0.3 is 14.6 Å². The molecule has 8 heteroatoms. The third kappa shape index (κ3) is 4.65. The molecule has 0 fully saturated rings. The summed E-state index contributed by atoms with van der Waals surface area (Å²) in [7, 11) is 3.40. The van der Waals surface area contributed by atoms with E-state index in [1.807, 2.05) is 0 Å². The van der Waals surface area contributed by atoms with Crippen molar-refractivity contribution in [2.24, 2.45) is 0 Å². The van der Waals surface area contributed by atoms with Crippen LogP contribution < -0.4 is 10.7 Å². The maximum Gasteiger partial charge on any atom is 0.416 e. The molecule has 0 aliphatic carbocycles. The minimum absolute atomic E-state index is 0.0314. The molecule has 3 aromatic rings. The van der Waals surface area contributed by atoms with Crippen LogP contribution in [0, 0.1) is 0 Å². The van der Waals surface area contributed by atoms with E-state index in [-0.39, 0.29) is 23.3 Å². The Labute approximate surface area is 164 Å². The number of nitrogens with zero attached hydrogens (tertiary/aromatic N) is 1. The summed E-state index contributed by atoms with van der Waals surface area (Å²) in [5, 5.41) is 2.99. The Balaban J connectivity index is 1.81. The highest BCUT2D eigenvalue weighted by Crippen LogP contribution is 2.31. The molecule has 2 aromatic carbocycles. The Hall–Kier alpha value is -3.13. The number of halogens is 3. The van der Waals surface area contributed by atoms with E-state index in [4.69, 9.17) is 4.42 Å². The second-order valence-corrected chi connectivity index (χ2v) is 6.78. The highest BCUT2D eigenvalue weighted by Gasteiger charge is 2.31. The fourth-order valence-electron chi connectivity index (χ4n) is 3.01. The van der Waals surface area contributed by atoms with E-state index < -0.39 is 23.7 Å².